The molecule has 7 nitrogen and oxygen atoms in total. The van der Waals surface area contributed by atoms with Gasteiger partial charge in [0.05, 0.1) is 12.1 Å². The highest BCUT2D eigenvalue weighted by Crippen LogP contribution is 2.26. The minimum Gasteiger partial charge on any atom is -0.455 e. The molecular formula is C16H24N2O5S. The molecule has 0 aromatic carbocycles. The predicted molar refractivity (Wildman–Crippen MR) is 87.3 cm³/mol. The maximum absolute atomic E-state index is 12.6. The summed E-state index contributed by atoms with van der Waals surface area (Å²) >= 11 is 0. The van der Waals surface area contributed by atoms with Crippen LogP contribution in [0.4, 0.5) is 0 Å². The molecule has 0 bridgehead atoms. The van der Waals surface area contributed by atoms with Gasteiger partial charge in [0.25, 0.3) is 5.91 Å². The molecule has 1 N–H and O–H groups in total. The van der Waals surface area contributed by atoms with Gasteiger partial charge in [-0.15, -0.1) is 0 Å². The summed E-state index contributed by atoms with van der Waals surface area (Å²) in [7, 11) is -3.59. The topological polar surface area (TPSA) is 88.8 Å². The van der Waals surface area contributed by atoms with Crippen molar-refractivity contribution in [1.82, 2.24) is 9.62 Å². The zero-order valence-electron chi connectivity index (χ0n) is 14.1. The lowest BCUT2D eigenvalue weighted by atomic mass is 10.1. The third-order valence-corrected chi connectivity index (χ3v) is 6.67. The van der Waals surface area contributed by atoms with Crippen LogP contribution in [0.25, 0.3) is 0 Å². The molecule has 0 spiro atoms. The third kappa shape index (κ3) is 3.36. The van der Waals surface area contributed by atoms with Crippen molar-refractivity contribution < 1.29 is 22.4 Å². The van der Waals surface area contributed by atoms with E-state index in [1.807, 2.05) is 6.92 Å². The van der Waals surface area contributed by atoms with Gasteiger partial charge >= 0.3 is 0 Å². The SMILES string of the molecule is Cc1oc(C(=O)NC(C)C2CCCO2)cc1S(=O)(=O)N1CCCC1. The molecule has 2 aliphatic rings. The normalized spacial score (nSPS) is 23.5. The molecule has 8 heteroatoms. The molecule has 2 atom stereocenters. The van der Waals surface area contributed by atoms with Crippen molar-refractivity contribution in [3.63, 3.8) is 0 Å². The summed E-state index contributed by atoms with van der Waals surface area (Å²) < 4.78 is 37.7. The van der Waals surface area contributed by atoms with E-state index >= 15 is 0 Å². The summed E-state index contributed by atoms with van der Waals surface area (Å²) in [5.74, 6) is -0.143. The Morgan fingerprint density at radius 2 is 2.04 bits per heavy atom. The van der Waals surface area contributed by atoms with E-state index in [2.05, 4.69) is 5.32 Å². The maximum Gasteiger partial charge on any atom is 0.287 e. The van der Waals surface area contributed by atoms with Crippen LogP contribution in [0.1, 0.15) is 48.9 Å². The van der Waals surface area contributed by atoms with E-state index in [0.29, 0.717) is 19.7 Å². The van der Waals surface area contributed by atoms with Crippen molar-refractivity contribution in [2.24, 2.45) is 0 Å². The lowest BCUT2D eigenvalue weighted by Gasteiger charge is -2.19. The highest BCUT2D eigenvalue weighted by Gasteiger charge is 2.32. The summed E-state index contributed by atoms with van der Waals surface area (Å²) in [6.07, 6.45) is 3.62. The lowest BCUT2D eigenvalue weighted by molar-refractivity contribution is 0.0696. The summed E-state index contributed by atoms with van der Waals surface area (Å²) in [5.41, 5.74) is 0. The number of hydrogen-bond acceptors (Lipinski definition) is 5. The van der Waals surface area contributed by atoms with Crippen LogP contribution in [0.3, 0.4) is 0 Å². The van der Waals surface area contributed by atoms with Crippen LogP contribution in [0, 0.1) is 6.92 Å². The van der Waals surface area contributed by atoms with E-state index in [0.717, 1.165) is 25.7 Å². The fraction of sp³-hybridized carbons (Fsp3) is 0.688. The van der Waals surface area contributed by atoms with Gasteiger partial charge in [-0.2, -0.15) is 4.31 Å². The van der Waals surface area contributed by atoms with Gasteiger partial charge in [-0.25, -0.2) is 8.42 Å². The van der Waals surface area contributed by atoms with Crippen molar-refractivity contribution >= 4 is 15.9 Å². The smallest absolute Gasteiger partial charge is 0.287 e. The Kier molecular flexibility index (Phi) is 4.98. The van der Waals surface area contributed by atoms with E-state index < -0.39 is 15.9 Å². The number of nitrogens with one attached hydrogen (secondary N) is 1. The number of furan rings is 1. The Hall–Kier alpha value is -1.38. The van der Waals surface area contributed by atoms with E-state index in [9.17, 15) is 13.2 Å². The molecule has 0 saturated carbocycles. The lowest BCUT2D eigenvalue weighted by Crippen LogP contribution is -2.40. The minimum atomic E-state index is -3.59. The standard InChI is InChI=1S/C16H24N2O5S/c1-11(13-6-5-9-22-13)17-16(19)14-10-15(12(2)23-14)24(20,21)18-7-3-4-8-18/h10-11,13H,3-9H2,1-2H3,(H,17,19). The summed E-state index contributed by atoms with van der Waals surface area (Å²) in [6.45, 7) is 5.20. The van der Waals surface area contributed by atoms with Crippen molar-refractivity contribution in [1.29, 1.82) is 0 Å². The molecule has 0 aliphatic carbocycles. The van der Waals surface area contributed by atoms with Crippen LogP contribution in [0.2, 0.25) is 0 Å². The zero-order valence-corrected chi connectivity index (χ0v) is 14.9. The maximum atomic E-state index is 12.6. The van der Waals surface area contributed by atoms with Crippen molar-refractivity contribution in [3.05, 3.63) is 17.6 Å². The predicted octanol–water partition coefficient (Wildman–Crippen LogP) is 1.67. The highest BCUT2D eigenvalue weighted by atomic mass is 32.2. The number of carbonyl (C=O) groups excluding carboxylic acids is 1. The van der Waals surface area contributed by atoms with E-state index in [1.54, 1.807) is 6.92 Å². The van der Waals surface area contributed by atoms with E-state index in [-0.39, 0.29) is 28.6 Å². The molecule has 1 aromatic heterocycles. The molecule has 3 rings (SSSR count). The first-order chi connectivity index (χ1) is 11.4. The monoisotopic (exact) mass is 356 g/mol. The van der Waals surface area contributed by atoms with Crippen LogP contribution in [-0.2, 0) is 14.8 Å². The van der Waals surface area contributed by atoms with Gasteiger partial charge in [0.1, 0.15) is 10.7 Å². The van der Waals surface area contributed by atoms with Crippen LogP contribution >= 0.6 is 0 Å². The van der Waals surface area contributed by atoms with Crippen LogP contribution < -0.4 is 5.32 Å². The fourth-order valence-corrected chi connectivity index (χ4v) is 4.95. The molecule has 3 heterocycles. The van der Waals surface area contributed by atoms with Crippen molar-refractivity contribution in [3.8, 4) is 0 Å². The number of amides is 1. The van der Waals surface area contributed by atoms with E-state index in [1.165, 1.54) is 10.4 Å². The molecule has 2 aliphatic heterocycles. The second kappa shape index (κ2) is 6.85. The summed E-state index contributed by atoms with van der Waals surface area (Å²) in [5, 5.41) is 2.83. The van der Waals surface area contributed by atoms with Gasteiger partial charge in [0, 0.05) is 25.8 Å². The molecule has 1 aromatic rings. The summed E-state index contributed by atoms with van der Waals surface area (Å²) in [4.78, 5) is 12.4. The number of aryl methyl sites for hydroxylation is 1. The molecule has 1 amide bonds. The first-order valence-corrected chi connectivity index (χ1v) is 9.86. The Labute approximate surface area is 142 Å². The quantitative estimate of drug-likeness (QED) is 0.867. The number of sulfonamides is 1. The van der Waals surface area contributed by atoms with Gasteiger partial charge in [0.2, 0.25) is 10.0 Å². The second-order valence-electron chi connectivity index (χ2n) is 6.46. The molecule has 2 fully saturated rings. The average Bonchev–Trinajstić information content (AvgIpc) is 3.28. The largest absolute Gasteiger partial charge is 0.455 e. The molecule has 24 heavy (non-hydrogen) atoms. The molecule has 0 radical (unpaired) electrons. The van der Waals surface area contributed by atoms with Gasteiger partial charge < -0.3 is 14.5 Å². The first-order valence-electron chi connectivity index (χ1n) is 8.42. The van der Waals surface area contributed by atoms with Crippen molar-refractivity contribution in [2.45, 2.75) is 56.6 Å². The van der Waals surface area contributed by atoms with Gasteiger partial charge in [0.15, 0.2) is 5.76 Å². The number of ether oxygens (including phenoxy) is 1. The van der Waals surface area contributed by atoms with Crippen LogP contribution in [0.15, 0.2) is 15.4 Å². The highest BCUT2D eigenvalue weighted by molar-refractivity contribution is 7.89. The fourth-order valence-electron chi connectivity index (χ4n) is 3.27. The van der Waals surface area contributed by atoms with Gasteiger partial charge in [-0.3, -0.25) is 4.79 Å². The zero-order chi connectivity index (χ0) is 17.3. The van der Waals surface area contributed by atoms with Gasteiger partial charge in [-0.05, 0) is 39.5 Å². The van der Waals surface area contributed by atoms with Crippen LogP contribution in [-0.4, -0.2) is 50.5 Å². The second-order valence-corrected chi connectivity index (χ2v) is 8.36. The average molecular weight is 356 g/mol. The number of carbonyl (C=O) groups is 1. The van der Waals surface area contributed by atoms with E-state index in [4.69, 9.17) is 9.15 Å². The van der Waals surface area contributed by atoms with Crippen molar-refractivity contribution in [2.75, 3.05) is 19.7 Å². The summed E-state index contributed by atoms with van der Waals surface area (Å²) in [6, 6.07) is 1.18. The molecular weight excluding hydrogens is 332 g/mol. The molecule has 2 saturated heterocycles. The Bertz CT molecular complexity index is 700. The van der Waals surface area contributed by atoms with Gasteiger partial charge in [-0.1, -0.05) is 0 Å². The van der Waals surface area contributed by atoms with Crippen LogP contribution in [0.5, 0.6) is 0 Å². The minimum absolute atomic E-state index is 0.00203. The number of hydrogen-bond donors (Lipinski definition) is 1. The number of rotatable bonds is 5. The molecule has 134 valence electrons. The number of nitrogens with zero attached hydrogens (tertiary/aromatic N) is 1. The third-order valence-electron chi connectivity index (χ3n) is 4.66. The Morgan fingerprint density at radius 1 is 1.33 bits per heavy atom. The first kappa shape index (κ1) is 17.4. The Balaban J connectivity index is 1.74. The Morgan fingerprint density at radius 3 is 2.67 bits per heavy atom. The molecule has 2 unspecified atom stereocenters.